The van der Waals surface area contributed by atoms with Crippen molar-refractivity contribution in [2.75, 3.05) is 13.2 Å². The molecule has 1 rings (SSSR count). The average Bonchev–Trinajstić information content (AvgIpc) is 2.91. The summed E-state index contributed by atoms with van der Waals surface area (Å²) < 4.78 is 11.0. The SMILES string of the molecule is CCCCCCCCCCCCC/C=C/[C@H](O)[C@@H](CO[C@@H]1O[C@H](CO)[C@@H](O)[C@H](O)[C@H]1O)NC(=O)CCCC. The Hall–Kier alpha value is -1.07. The van der Waals surface area contributed by atoms with Crippen molar-refractivity contribution >= 4 is 5.91 Å². The fourth-order valence-electron chi connectivity index (χ4n) is 4.54. The number of hydrogen-bond acceptors (Lipinski definition) is 8. The van der Waals surface area contributed by atoms with Crippen LogP contribution >= 0.6 is 0 Å². The van der Waals surface area contributed by atoms with Gasteiger partial charge in [0.15, 0.2) is 6.29 Å². The van der Waals surface area contributed by atoms with E-state index < -0.39 is 49.5 Å². The van der Waals surface area contributed by atoms with Crippen LogP contribution in [-0.4, -0.2) is 87.5 Å². The van der Waals surface area contributed by atoms with Gasteiger partial charge in [-0.3, -0.25) is 4.79 Å². The summed E-state index contributed by atoms with van der Waals surface area (Å²) in [7, 11) is 0. The first kappa shape index (κ1) is 35.0. The lowest BCUT2D eigenvalue weighted by molar-refractivity contribution is -0.302. The molecule has 0 bridgehead atoms. The molecule has 38 heavy (non-hydrogen) atoms. The van der Waals surface area contributed by atoms with Crippen molar-refractivity contribution < 1.29 is 39.8 Å². The first-order chi connectivity index (χ1) is 18.3. The quantitative estimate of drug-likeness (QED) is 0.0898. The molecule has 9 heteroatoms. The second kappa shape index (κ2) is 21.7. The van der Waals surface area contributed by atoms with Crippen molar-refractivity contribution in [3.63, 3.8) is 0 Å². The molecule has 0 aliphatic carbocycles. The zero-order valence-electron chi connectivity index (χ0n) is 23.7. The Kier molecular flexibility index (Phi) is 20.0. The third-order valence-corrected chi connectivity index (χ3v) is 7.11. The first-order valence-electron chi connectivity index (χ1n) is 14.9. The number of allylic oxidation sites excluding steroid dienone is 1. The molecule has 0 aromatic rings. The molecule has 0 unspecified atom stereocenters. The fourth-order valence-corrected chi connectivity index (χ4v) is 4.54. The Morgan fingerprint density at radius 2 is 1.45 bits per heavy atom. The monoisotopic (exact) mass is 545 g/mol. The van der Waals surface area contributed by atoms with Gasteiger partial charge in [-0.25, -0.2) is 0 Å². The molecule has 0 saturated carbocycles. The lowest BCUT2D eigenvalue weighted by Crippen LogP contribution is -2.60. The maximum Gasteiger partial charge on any atom is 0.220 e. The number of aliphatic hydroxyl groups excluding tert-OH is 5. The van der Waals surface area contributed by atoms with Gasteiger partial charge in [0, 0.05) is 6.42 Å². The maximum absolute atomic E-state index is 12.3. The third kappa shape index (κ3) is 14.4. The zero-order valence-corrected chi connectivity index (χ0v) is 23.7. The summed E-state index contributed by atoms with van der Waals surface area (Å²) in [5.41, 5.74) is 0. The fraction of sp³-hybridized carbons (Fsp3) is 0.897. The van der Waals surface area contributed by atoms with E-state index in [1.54, 1.807) is 6.08 Å². The number of carbonyl (C=O) groups excluding carboxylic acids is 1. The Morgan fingerprint density at radius 1 is 0.868 bits per heavy atom. The summed E-state index contributed by atoms with van der Waals surface area (Å²) in [5.74, 6) is -0.216. The Morgan fingerprint density at radius 3 is 2.03 bits per heavy atom. The number of nitrogens with one attached hydrogen (secondary N) is 1. The van der Waals surface area contributed by atoms with Crippen LogP contribution in [0.1, 0.15) is 110 Å². The minimum absolute atomic E-state index is 0.190. The van der Waals surface area contributed by atoms with Crippen molar-refractivity contribution in [3.8, 4) is 0 Å². The molecule has 1 aliphatic rings. The van der Waals surface area contributed by atoms with E-state index in [1.165, 1.54) is 57.8 Å². The standard InChI is InChI=1S/C29H55NO8/c1-3-5-7-8-9-10-11-12-13-14-15-16-17-18-23(32)22(30-25(33)19-6-4-2)21-37-29-28(36)27(35)26(34)24(20-31)38-29/h17-18,22-24,26-29,31-32,34-36H,3-16,19-21H2,1-2H3,(H,30,33)/b18-17+/t22-,23+,24-,26-,27+,28-,29-/m1/s1. The van der Waals surface area contributed by atoms with Crippen LogP contribution in [-0.2, 0) is 14.3 Å². The molecule has 1 amide bonds. The third-order valence-electron chi connectivity index (χ3n) is 7.11. The molecular formula is C29H55NO8. The highest BCUT2D eigenvalue weighted by Crippen LogP contribution is 2.22. The molecule has 0 aromatic carbocycles. The van der Waals surface area contributed by atoms with E-state index in [0.29, 0.717) is 6.42 Å². The molecule has 9 nitrogen and oxygen atoms in total. The summed E-state index contributed by atoms with van der Waals surface area (Å²) in [6.07, 6.45) is 12.3. The van der Waals surface area contributed by atoms with Crippen LogP contribution < -0.4 is 5.32 Å². The maximum atomic E-state index is 12.3. The van der Waals surface area contributed by atoms with Crippen LogP contribution in [0.5, 0.6) is 0 Å². The zero-order chi connectivity index (χ0) is 28.2. The number of amides is 1. The predicted octanol–water partition coefficient (Wildman–Crippen LogP) is 3.10. The van der Waals surface area contributed by atoms with Crippen LogP contribution in [0.4, 0.5) is 0 Å². The van der Waals surface area contributed by atoms with E-state index >= 15 is 0 Å². The van der Waals surface area contributed by atoms with Gasteiger partial charge < -0.3 is 40.3 Å². The lowest BCUT2D eigenvalue weighted by Gasteiger charge is -2.40. The number of rotatable bonds is 22. The molecule has 7 atom stereocenters. The van der Waals surface area contributed by atoms with Gasteiger partial charge in [-0.15, -0.1) is 0 Å². The molecular weight excluding hydrogens is 490 g/mol. The minimum atomic E-state index is -1.56. The molecule has 6 N–H and O–H groups in total. The van der Waals surface area contributed by atoms with Gasteiger partial charge in [0.25, 0.3) is 0 Å². The molecule has 1 heterocycles. The van der Waals surface area contributed by atoms with Crippen molar-refractivity contribution in [3.05, 3.63) is 12.2 Å². The Balaban J connectivity index is 2.45. The van der Waals surface area contributed by atoms with Crippen LogP contribution in [0.15, 0.2) is 12.2 Å². The molecule has 0 spiro atoms. The summed E-state index contributed by atoms with van der Waals surface area (Å²) in [5, 5.41) is 53.0. The number of unbranched alkanes of at least 4 members (excludes halogenated alkanes) is 12. The highest BCUT2D eigenvalue weighted by atomic mass is 16.7. The van der Waals surface area contributed by atoms with Crippen LogP contribution in [0.3, 0.4) is 0 Å². The topological polar surface area (TPSA) is 149 Å². The minimum Gasteiger partial charge on any atom is -0.394 e. The van der Waals surface area contributed by atoms with Gasteiger partial charge in [-0.05, 0) is 19.3 Å². The smallest absolute Gasteiger partial charge is 0.220 e. The van der Waals surface area contributed by atoms with Crippen molar-refractivity contribution in [2.24, 2.45) is 0 Å². The molecule has 1 aliphatic heterocycles. The van der Waals surface area contributed by atoms with Gasteiger partial charge in [-0.1, -0.05) is 96.6 Å². The summed E-state index contributed by atoms with van der Waals surface area (Å²) in [4.78, 5) is 12.3. The van der Waals surface area contributed by atoms with Gasteiger partial charge in [0.05, 0.1) is 25.4 Å². The second-order valence-electron chi connectivity index (χ2n) is 10.6. The van der Waals surface area contributed by atoms with Gasteiger partial charge in [0.2, 0.25) is 5.91 Å². The number of ether oxygens (including phenoxy) is 2. The molecule has 0 aromatic heterocycles. The largest absolute Gasteiger partial charge is 0.394 e. The van der Waals surface area contributed by atoms with Crippen LogP contribution in [0.2, 0.25) is 0 Å². The van der Waals surface area contributed by atoms with E-state index in [1.807, 2.05) is 13.0 Å². The van der Waals surface area contributed by atoms with Crippen LogP contribution in [0, 0.1) is 0 Å². The van der Waals surface area contributed by atoms with Gasteiger partial charge in [-0.2, -0.15) is 0 Å². The predicted molar refractivity (Wildman–Crippen MR) is 147 cm³/mol. The Bertz CT molecular complexity index is 617. The van der Waals surface area contributed by atoms with Crippen molar-refractivity contribution in [1.29, 1.82) is 0 Å². The number of carbonyl (C=O) groups is 1. The van der Waals surface area contributed by atoms with E-state index in [0.717, 1.165) is 32.1 Å². The van der Waals surface area contributed by atoms with E-state index in [2.05, 4.69) is 12.2 Å². The molecule has 224 valence electrons. The highest BCUT2D eigenvalue weighted by molar-refractivity contribution is 5.76. The number of aliphatic hydroxyl groups is 5. The highest BCUT2D eigenvalue weighted by Gasteiger charge is 2.44. The molecule has 1 saturated heterocycles. The lowest BCUT2D eigenvalue weighted by atomic mass is 9.99. The van der Waals surface area contributed by atoms with Crippen molar-refractivity contribution in [2.45, 2.75) is 153 Å². The van der Waals surface area contributed by atoms with E-state index in [-0.39, 0.29) is 12.5 Å². The summed E-state index contributed by atoms with van der Waals surface area (Å²) >= 11 is 0. The molecule has 0 radical (unpaired) electrons. The summed E-state index contributed by atoms with van der Waals surface area (Å²) in [6.45, 7) is 3.47. The van der Waals surface area contributed by atoms with E-state index in [9.17, 15) is 30.3 Å². The average molecular weight is 546 g/mol. The number of hydrogen-bond donors (Lipinski definition) is 6. The van der Waals surface area contributed by atoms with E-state index in [4.69, 9.17) is 9.47 Å². The normalized spacial score (nSPS) is 25.5. The summed E-state index contributed by atoms with van der Waals surface area (Å²) in [6, 6.07) is -0.791. The van der Waals surface area contributed by atoms with Gasteiger partial charge >= 0.3 is 0 Å². The van der Waals surface area contributed by atoms with Crippen LogP contribution in [0.25, 0.3) is 0 Å². The second-order valence-corrected chi connectivity index (χ2v) is 10.6. The first-order valence-corrected chi connectivity index (χ1v) is 14.9. The molecule has 1 fully saturated rings. The van der Waals surface area contributed by atoms with Crippen molar-refractivity contribution in [1.82, 2.24) is 5.32 Å². The van der Waals surface area contributed by atoms with Gasteiger partial charge in [0.1, 0.15) is 24.4 Å². The Labute approximate surface area is 229 Å².